The van der Waals surface area contributed by atoms with Crippen LogP contribution < -0.4 is 10.6 Å². The molecule has 1 aromatic rings. The van der Waals surface area contributed by atoms with Crippen LogP contribution >= 0.6 is 0 Å². The van der Waals surface area contributed by atoms with E-state index in [-0.39, 0.29) is 0 Å². The second-order valence-electron chi connectivity index (χ2n) is 7.31. The van der Waals surface area contributed by atoms with Crippen LogP contribution in [0.15, 0.2) is 35.9 Å². The minimum absolute atomic E-state index is 0.690. The van der Waals surface area contributed by atoms with Gasteiger partial charge in [-0.1, -0.05) is 48.9 Å². The lowest BCUT2D eigenvalue weighted by Crippen LogP contribution is -2.64. The average Bonchev–Trinajstić information content (AvgIpc) is 3.18. The van der Waals surface area contributed by atoms with Crippen molar-refractivity contribution in [3.05, 3.63) is 41.5 Å². The molecule has 1 aromatic carbocycles. The van der Waals surface area contributed by atoms with Crippen LogP contribution in [0.4, 0.5) is 0 Å². The molecule has 0 radical (unpaired) electrons. The average molecular weight is 282 g/mol. The predicted octanol–water partition coefficient (Wildman–Crippen LogP) is 3.21. The summed E-state index contributed by atoms with van der Waals surface area (Å²) in [6.07, 6.45) is 7.72. The summed E-state index contributed by atoms with van der Waals surface area (Å²) in [5.74, 6) is 0.784. The summed E-state index contributed by atoms with van der Waals surface area (Å²) >= 11 is 0. The summed E-state index contributed by atoms with van der Waals surface area (Å²) in [6.45, 7) is 4.81. The molecule has 1 aliphatic heterocycles. The van der Waals surface area contributed by atoms with Crippen LogP contribution in [0.3, 0.4) is 0 Å². The largest absolute Gasteiger partial charge is 0.316 e. The zero-order valence-corrected chi connectivity index (χ0v) is 12.9. The molecule has 4 rings (SSSR count). The van der Waals surface area contributed by atoms with Gasteiger partial charge in [-0.05, 0) is 42.6 Å². The Bertz CT molecular complexity index is 522. The Kier molecular flexibility index (Phi) is 3.39. The highest BCUT2D eigenvalue weighted by molar-refractivity contribution is 5.54. The lowest BCUT2D eigenvalue weighted by atomic mass is 9.61. The summed E-state index contributed by atoms with van der Waals surface area (Å²) in [5.41, 5.74) is 3.66. The molecule has 2 saturated carbocycles. The molecule has 2 N–H and O–H groups in total. The molecule has 2 aliphatic carbocycles. The molecule has 2 heteroatoms. The van der Waals surface area contributed by atoms with Crippen molar-refractivity contribution >= 4 is 6.08 Å². The SMILES string of the molecule is CC/C(=C\c1ccccc1)[C@@H]1C[C@H]1NC1CC2(CNC2)C1. The van der Waals surface area contributed by atoms with Crippen molar-refractivity contribution in [2.75, 3.05) is 13.1 Å². The molecule has 2 nitrogen and oxygen atoms in total. The zero-order chi connectivity index (χ0) is 14.3. The summed E-state index contributed by atoms with van der Waals surface area (Å²) in [5, 5.41) is 7.32. The van der Waals surface area contributed by atoms with E-state index in [4.69, 9.17) is 0 Å². The van der Waals surface area contributed by atoms with Crippen LogP contribution in [0.25, 0.3) is 6.08 Å². The Balaban J connectivity index is 1.32. The summed E-state index contributed by atoms with van der Waals surface area (Å²) in [7, 11) is 0. The first-order chi connectivity index (χ1) is 10.3. The lowest BCUT2D eigenvalue weighted by Gasteiger charge is -2.54. The van der Waals surface area contributed by atoms with Gasteiger partial charge in [-0.3, -0.25) is 0 Å². The van der Waals surface area contributed by atoms with Crippen LogP contribution in [-0.2, 0) is 0 Å². The molecule has 0 aromatic heterocycles. The van der Waals surface area contributed by atoms with E-state index >= 15 is 0 Å². The molecule has 3 fully saturated rings. The maximum Gasteiger partial charge on any atom is 0.0142 e. The maximum atomic E-state index is 3.90. The van der Waals surface area contributed by atoms with Crippen LogP contribution in [0.2, 0.25) is 0 Å². The fourth-order valence-corrected chi connectivity index (χ4v) is 4.20. The standard InChI is InChI=1S/C19H26N2/c1-2-15(8-14-6-4-3-5-7-14)17-9-18(17)21-16-10-19(11-16)12-20-13-19/h3-8,16-18,20-21H,2,9-13H2,1H3/b15-8+/t17-,18+/m0/s1. The summed E-state index contributed by atoms with van der Waals surface area (Å²) in [4.78, 5) is 0. The molecule has 0 amide bonds. The van der Waals surface area contributed by atoms with E-state index in [1.807, 2.05) is 0 Å². The third-order valence-electron chi connectivity index (χ3n) is 5.64. The molecule has 1 saturated heterocycles. The number of benzene rings is 1. The monoisotopic (exact) mass is 282 g/mol. The van der Waals surface area contributed by atoms with Gasteiger partial charge in [0.15, 0.2) is 0 Å². The minimum atomic E-state index is 0.690. The van der Waals surface area contributed by atoms with E-state index in [0.29, 0.717) is 5.41 Å². The number of rotatable bonds is 5. The summed E-state index contributed by atoms with van der Waals surface area (Å²) in [6, 6.07) is 12.3. The van der Waals surface area contributed by atoms with Crippen molar-refractivity contribution in [1.29, 1.82) is 0 Å². The van der Waals surface area contributed by atoms with E-state index in [9.17, 15) is 0 Å². The van der Waals surface area contributed by atoms with Gasteiger partial charge in [0.1, 0.15) is 0 Å². The molecule has 0 bridgehead atoms. The number of hydrogen-bond donors (Lipinski definition) is 2. The van der Waals surface area contributed by atoms with Gasteiger partial charge < -0.3 is 10.6 Å². The molecule has 21 heavy (non-hydrogen) atoms. The van der Waals surface area contributed by atoms with E-state index in [1.165, 1.54) is 44.3 Å². The Hall–Kier alpha value is -1.12. The van der Waals surface area contributed by atoms with Crippen molar-refractivity contribution in [3.8, 4) is 0 Å². The first-order valence-electron chi connectivity index (χ1n) is 8.50. The molecule has 112 valence electrons. The molecular weight excluding hydrogens is 256 g/mol. The highest BCUT2D eigenvalue weighted by Crippen LogP contribution is 2.47. The van der Waals surface area contributed by atoms with Gasteiger partial charge in [0.05, 0.1) is 0 Å². The van der Waals surface area contributed by atoms with E-state index in [2.05, 4.69) is 54.0 Å². The van der Waals surface area contributed by atoms with Gasteiger partial charge in [0.25, 0.3) is 0 Å². The first-order valence-corrected chi connectivity index (χ1v) is 8.50. The van der Waals surface area contributed by atoms with Crippen molar-refractivity contribution < 1.29 is 0 Å². The molecule has 1 spiro atoms. The number of hydrogen-bond acceptors (Lipinski definition) is 2. The van der Waals surface area contributed by atoms with Crippen molar-refractivity contribution in [2.45, 2.75) is 44.7 Å². The van der Waals surface area contributed by atoms with Gasteiger partial charge in [0, 0.05) is 25.2 Å². The second kappa shape index (κ2) is 5.26. The van der Waals surface area contributed by atoms with Gasteiger partial charge in [-0.15, -0.1) is 0 Å². The molecule has 0 unspecified atom stereocenters. The van der Waals surface area contributed by atoms with Crippen LogP contribution in [0.5, 0.6) is 0 Å². The normalized spacial score (nSPS) is 30.8. The molecule has 2 atom stereocenters. The highest BCUT2D eigenvalue weighted by atomic mass is 15.1. The van der Waals surface area contributed by atoms with E-state index < -0.39 is 0 Å². The number of nitrogens with one attached hydrogen (secondary N) is 2. The van der Waals surface area contributed by atoms with Crippen molar-refractivity contribution in [3.63, 3.8) is 0 Å². The van der Waals surface area contributed by atoms with E-state index in [1.54, 1.807) is 5.57 Å². The quantitative estimate of drug-likeness (QED) is 0.866. The van der Waals surface area contributed by atoms with Crippen molar-refractivity contribution in [2.24, 2.45) is 11.3 Å². The molecule has 3 aliphatic rings. The van der Waals surface area contributed by atoms with Gasteiger partial charge in [-0.25, -0.2) is 0 Å². The second-order valence-corrected chi connectivity index (χ2v) is 7.31. The van der Waals surface area contributed by atoms with Crippen LogP contribution in [0.1, 0.15) is 38.2 Å². The lowest BCUT2D eigenvalue weighted by molar-refractivity contribution is 0.0226. The maximum absolute atomic E-state index is 3.90. The fraction of sp³-hybridized carbons (Fsp3) is 0.579. The highest BCUT2D eigenvalue weighted by Gasteiger charge is 2.50. The van der Waals surface area contributed by atoms with Crippen LogP contribution in [0, 0.1) is 11.3 Å². The van der Waals surface area contributed by atoms with Gasteiger partial charge in [0.2, 0.25) is 0 Å². The van der Waals surface area contributed by atoms with Gasteiger partial charge in [-0.2, -0.15) is 0 Å². The fourth-order valence-electron chi connectivity index (χ4n) is 4.20. The Morgan fingerprint density at radius 1 is 1.29 bits per heavy atom. The summed E-state index contributed by atoms with van der Waals surface area (Å²) < 4.78 is 0. The third-order valence-corrected chi connectivity index (χ3v) is 5.64. The molecular formula is C19H26N2. The Morgan fingerprint density at radius 2 is 2.05 bits per heavy atom. The Labute approximate surface area is 128 Å². The third kappa shape index (κ3) is 2.67. The first kappa shape index (κ1) is 13.5. The van der Waals surface area contributed by atoms with Gasteiger partial charge >= 0.3 is 0 Å². The zero-order valence-electron chi connectivity index (χ0n) is 12.9. The Morgan fingerprint density at radius 3 is 2.67 bits per heavy atom. The van der Waals surface area contributed by atoms with E-state index in [0.717, 1.165) is 18.0 Å². The molecule has 1 heterocycles. The van der Waals surface area contributed by atoms with Crippen molar-refractivity contribution in [1.82, 2.24) is 10.6 Å². The minimum Gasteiger partial charge on any atom is -0.316 e. The predicted molar refractivity (Wildman–Crippen MR) is 88.1 cm³/mol. The smallest absolute Gasteiger partial charge is 0.0142 e. The topological polar surface area (TPSA) is 24.1 Å². The van der Waals surface area contributed by atoms with Crippen LogP contribution in [-0.4, -0.2) is 25.2 Å².